The summed E-state index contributed by atoms with van der Waals surface area (Å²) in [5.74, 6) is 1.25. The van der Waals surface area contributed by atoms with E-state index in [2.05, 4.69) is 36.1 Å². The smallest absolute Gasteiger partial charge is 0.222 e. The molecule has 0 aliphatic carbocycles. The van der Waals surface area contributed by atoms with Gasteiger partial charge in [-0.3, -0.25) is 0 Å². The van der Waals surface area contributed by atoms with Crippen LogP contribution in [0.4, 0.5) is 5.95 Å². The highest BCUT2D eigenvalue weighted by Gasteiger charge is 2.36. The van der Waals surface area contributed by atoms with E-state index in [0.29, 0.717) is 12.0 Å². The van der Waals surface area contributed by atoms with Gasteiger partial charge >= 0.3 is 0 Å². The van der Waals surface area contributed by atoms with Gasteiger partial charge in [0.25, 0.3) is 0 Å². The summed E-state index contributed by atoms with van der Waals surface area (Å²) in [6.45, 7) is 10.4. The van der Waals surface area contributed by atoms with Crippen molar-refractivity contribution >= 4 is 5.95 Å². The molecule has 0 amide bonds. The van der Waals surface area contributed by atoms with Gasteiger partial charge < -0.3 is 10.1 Å². The molecule has 1 aromatic heterocycles. The maximum absolute atomic E-state index is 5.86. The van der Waals surface area contributed by atoms with Crippen LogP contribution in [0.1, 0.15) is 32.9 Å². The van der Waals surface area contributed by atoms with Crippen molar-refractivity contribution in [1.29, 1.82) is 0 Å². The number of ether oxygens (including phenoxy) is 1. The van der Waals surface area contributed by atoms with Crippen molar-refractivity contribution in [3.63, 3.8) is 0 Å². The average molecular weight is 249 g/mol. The predicted molar refractivity (Wildman–Crippen MR) is 72.6 cm³/mol. The number of nitrogens with one attached hydrogen (secondary N) is 1. The zero-order valence-corrected chi connectivity index (χ0v) is 11.7. The highest BCUT2D eigenvalue weighted by Crippen LogP contribution is 2.34. The maximum Gasteiger partial charge on any atom is 0.222 e. The lowest BCUT2D eigenvalue weighted by atomic mass is 9.81. The quantitative estimate of drug-likeness (QED) is 0.894. The molecule has 1 aromatic rings. The third-order valence-corrected chi connectivity index (χ3v) is 3.38. The fourth-order valence-corrected chi connectivity index (χ4v) is 2.56. The third-order valence-electron chi connectivity index (χ3n) is 3.38. The molecule has 0 aromatic carbocycles. The van der Waals surface area contributed by atoms with Crippen molar-refractivity contribution in [3.8, 4) is 0 Å². The van der Waals surface area contributed by atoms with Crippen LogP contribution in [0.2, 0.25) is 0 Å². The summed E-state index contributed by atoms with van der Waals surface area (Å²) < 4.78 is 5.86. The van der Waals surface area contributed by atoms with Gasteiger partial charge in [-0.2, -0.15) is 0 Å². The van der Waals surface area contributed by atoms with E-state index in [4.69, 9.17) is 4.74 Å². The Bertz CT molecular complexity index is 400. The van der Waals surface area contributed by atoms with Crippen molar-refractivity contribution < 1.29 is 4.74 Å². The van der Waals surface area contributed by atoms with Crippen molar-refractivity contribution in [2.45, 2.75) is 40.2 Å². The summed E-state index contributed by atoms with van der Waals surface area (Å²) in [6, 6.07) is 1.90. The van der Waals surface area contributed by atoms with Gasteiger partial charge in [0.1, 0.15) is 0 Å². The first-order valence-electron chi connectivity index (χ1n) is 6.62. The highest BCUT2D eigenvalue weighted by atomic mass is 16.5. The van der Waals surface area contributed by atoms with Crippen LogP contribution in [0.5, 0.6) is 0 Å². The van der Waals surface area contributed by atoms with Crippen LogP contribution in [-0.2, 0) is 4.74 Å². The number of hydrogen-bond acceptors (Lipinski definition) is 4. The molecule has 0 bridgehead atoms. The molecule has 2 rings (SSSR count). The zero-order chi connectivity index (χ0) is 13.2. The summed E-state index contributed by atoms with van der Waals surface area (Å²) >= 11 is 0. The van der Waals surface area contributed by atoms with Crippen LogP contribution in [0.25, 0.3) is 0 Å². The van der Waals surface area contributed by atoms with Crippen LogP contribution in [0.15, 0.2) is 12.3 Å². The minimum atomic E-state index is 0.191. The third kappa shape index (κ3) is 3.19. The Balaban J connectivity index is 1.94. The first-order chi connectivity index (χ1) is 8.47. The number of nitrogens with zero attached hydrogens (tertiary/aromatic N) is 2. The van der Waals surface area contributed by atoms with Crippen LogP contribution >= 0.6 is 0 Å². The van der Waals surface area contributed by atoms with E-state index in [1.165, 1.54) is 0 Å². The Morgan fingerprint density at radius 2 is 2.22 bits per heavy atom. The summed E-state index contributed by atoms with van der Waals surface area (Å²) in [4.78, 5) is 8.58. The van der Waals surface area contributed by atoms with E-state index in [1.807, 2.05) is 13.0 Å². The van der Waals surface area contributed by atoms with E-state index in [1.54, 1.807) is 6.20 Å². The van der Waals surface area contributed by atoms with Crippen LogP contribution in [0.3, 0.4) is 0 Å². The van der Waals surface area contributed by atoms with E-state index in [0.717, 1.165) is 31.2 Å². The Labute approximate surface area is 109 Å². The Hall–Kier alpha value is -1.16. The molecule has 0 spiro atoms. The van der Waals surface area contributed by atoms with Gasteiger partial charge in [0.2, 0.25) is 5.95 Å². The molecule has 1 saturated heterocycles. The molecular weight excluding hydrogens is 226 g/mol. The Kier molecular flexibility index (Phi) is 3.85. The van der Waals surface area contributed by atoms with Crippen LogP contribution in [-0.4, -0.2) is 29.2 Å². The molecule has 1 aliphatic rings. The molecule has 2 atom stereocenters. The van der Waals surface area contributed by atoms with Gasteiger partial charge in [-0.15, -0.1) is 0 Å². The topological polar surface area (TPSA) is 47.0 Å². The van der Waals surface area contributed by atoms with Gasteiger partial charge in [0.15, 0.2) is 0 Å². The van der Waals surface area contributed by atoms with Crippen molar-refractivity contribution in [3.05, 3.63) is 18.0 Å². The number of rotatable bonds is 3. The van der Waals surface area contributed by atoms with E-state index in [9.17, 15) is 0 Å². The molecule has 0 saturated carbocycles. The SMILES string of the molecule is Cc1ccnc(NC[C@H]2CCO[C@@H]2C(C)(C)C)n1. The van der Waals surface area contributed by atoms with Gasteiger partial charge in [-0.05, 0) is 24.8 Å². The van der Waals surface area contributed by atoms with Crippen LogP contribution in [0, 0.1) is 18.3 Å². The summed E-state index contributed by atoms with van der Waals surface area (Å²) in [5.41, 5.74) is 1.18. The van der Waals surface area contributed by atoms with E-state index < -0.39 is 0 Å². The largest absolute Gasteiger partial charge is 0.377 e. The zero-order valence-electron chi connectivity index (χ0n) is 11.7. The molecule has 18 heavy (non-hydrogen) atoms. The first kappa shape index (κ1) is 13.3. The second kappa shape index (κ2) is 5.22. The average Bonchev–Trinajstić information content (AvgIpc) is 2.74. The highest BCUT2D eigenvalue weighted by molar-refractivity contribution is 5.24. The molecule has 0 radical (unpaired) electrons. The monoisotopic (exact) mass is 249 g/mol. The van der Waals surface area contributed by atoms with E-state index in [-0.39, 0.29) is 5.41 Å². The maximum atomic E-state index is 5.86. The number of hydrogen-bond donors (Lipinski definition) is 1. The minimum Gasteiger partial charge on any atom is -0.377 e. The second-order valence-corrected chi connectivity index (χ2v) is 6.11. The van der Waals surface area contributed by atoms with Crippen molar-refractivity contribution in [1.82, 2.24) is 9.97 Å². The lowest BCUT2D eigenvalue weighted by Gasteiger charge is -2.31. The molecule has 1 aliphatic heterocycles. The van der Waals surface area contributed by atoms with Crippen LogP contribution < -0.4 is 5.32 Å². The molecular formula is C14H23N3O. The number of aryl methyl sites for hydroxylation is 1. The van der Waals surface area contributed by atoms with Gasteiger partial charge in [0.05, 0.1) is 6.10 Å². The predicted octanol–water partition coefficient (Wildman–Crippen LogP) is 2.65. The summed E-state index contributed by atoms with van der Waals surface area (Å²) in [7, 11) is 0. The summed E-state index contributed by atoms with van der Waals surface area (Å²) in [6.07, 6.45) is 3.22. The molecule has 100 valence electrons. The fourth-order valence-electron chi connectivity index (χ4n) is 2.56. The second-order valence-electron chi connectivity index (χ2n) is 6.11. The molecule has 1 N–H and O–H groups in total. The fraction of sp³-hybridized carbons (Fsp3) is 0.714. The number of aromatic nitrogens is 2. The molecule has 4 nitrogen and oxygen atoms in total. The standard InChI is InChI=1S/C14H23N3O/c1-10-5-7-15-13(17-10)16-9-11-6-8-18-12(11)14(2,3)4/h5,7,11-12H,6,8-9H2,1-4H3,(H,15,16,17)/t11-,12+/m1/s1. The van der Waals surface area contributed by atoms with Crippen molar-refractivity contribution in [2.75, 3.05) is 18.5 Å². The number of anilines is 1. The Morgan fingerprint density at radius 1 is 1.44 bits per heavy atom. The molecule has 2 heterocycles. The molecule has 4 heteroatoms. The van der Waals surface area contributed by atoms with Gasteiger partial charge in [0, 0.05) is 31.0 Å². The Morgan fingerprint density at radius 3 is 2.89 bits per heavy atom. The lowest BCUT2D eigenvalue weighted by Crippen LogP contribution is -2.35. The molecule has 0 unspecified atom stereocenters. The van der Waals surface area contributed by atoms with Crippen molar-refractivity contribution in [2.24, 2.45) is 11.3 Å². The van der Waals surface area contributed by atoms with Gasteiger partial charge in [-0.25, -0.2) is 9.97 Å². The normalized spacial score (nSPS) is 24.2. The minimum absolute atomic E-state index is 0.191. The summed E-state index contributed by atoms with van der Waals surface area (Å²) in [5, 5.41) is 3.33. The lowest BCUT2D eigenvalue weighted by molar-refractivity contribution is 0.00955. The van der Waals surface area contributed by atoms with E-state index >= 15 is 0 Å². The first-order valence-corrected chi connectivity index (χ1v) is 6.62. The molecule has 1 fully saturated rings. The van der Waals surface area contributed by atoms with Gasteiger partial charge in [-0.1, -0.05) is 20.8 Å².